The molecule has 6 nitrogen and oxygen atoms in total. The van der Waals surface area contributed by atoms with E-state index in [-0.39, 0.29) is 6.61 Å². The van der Waals surface area contributed by atoms with Gasteiger partial charge in [-0.2, -0.15) is 0 Å². The van der Waals surface area contributed by atoms with E-state index in [0.717, 1.165) is 11.1 Å². The van der Waals surface area contributed by atoms with E-state index in [1.54, 1.807) is 30.3 Å². The van der Waals surface area contributed by atoms with Crippen LogP contribution in [0.5, 0.6) is 11.5 Å². The second kappa shape index (κ2) is 9.94. The van der Waals surface area contributed by atoms with E-state index < -0.39 is 18.5 Å². The highest BCUT2D eigenvalue weighted by Gasteiger charge is 2.12. The highest BCUT2D eigenvalue weighted by molar-refractivity contribution is 5.94. The first-order chi connectivity index (χ1) is 14.2. The number of para-hydroxylation sites is 3. The number of hydrogen-bond donors (Lipinski definition) is 1. The molecule has 0 aromatic heterocycles. The molecule has 1 amide bonds. The molecule has 0 fully saturated rings. The van der Waals surface area contributed by atoms with E-state index in [1.807, 2.05) is 48.5 Å². The number of carbonyl (C=O) groups excluding carboxylic acids is 2. The number of anilines is 1. The molecular formula is C23H21NO5. The van der Waals surface area contributed by atoms with E-state index >= 15 is 0 Å². The Kier molecular flexibility index (Phi) is 6.84. The fraction of sp³-hybridized carbons (Fsp3) is 0.130. The first kappa shape index (κ1) is 19.9. The topological polar surface area (TPSA) is 73.9 Å². The van der Waals surface area contributed by atoms with Crippen molar-refractivity contribution < 1.29 is 23.8 Å². The van der Waals surface area contributed by atoms with Crippen LogP contribution in [-0.4, -0.2) is 32.2 Å². The van der Waals surface area contributed by atoms with Gasteiger partial charge in [0.05, 0.1) is 12.8 Å². The number of ether oxygens (including phenoxy) is 3. The van der Waals surface area contributed by atoms with Gasteiger partial charge in [0, 0.05) is 5.56 Å². The van der Waals surface area contributed by atoms with Crippen molar-refractivity contribution in [2.24, 2.45) is 0 Å². The summed E-state index contributed by atoms with van der Waals surface area (Å²) in [6.45, 7) is -0.716. The maximum Gasteiger partial charge on any atom is 0.344 e. The molecule has 29 heavy (non-hydrogen) atoms. The molecule has 3 rings (SSSR count). The summed E-state index contributed by atoms with van der Waals surface area (Å²) in [5.74, 6) is -0.0160. The Labute approximate surface area is 169 Å². The molecule has 0 spiro atoms. The van der Waals surface area contributed by atoms with Crippen LogP contribution in [0.4, 0.5) is 5.69 Å². The van der Waals surface area contributed by atoms with Gasteiger partial charge in [0.1, 0.15) is 11.5 Å². The maximum atomic E-state index is 12.0. The number of rotatable bonds is 8. The first-order valence-corrected chi connectivity index (χ1v) is 9.03. The van der Waals surface area contributed by atoms with E-state index in [0.29, 0.717) is 17.2 Å². The van der Waals surface area contributed by atoms with E-state index in [9.17, 15) is 9.59 Å². The van der Waals surface area contributed by atoms with Crippen LogP contribution in [0, 0.1) is 0 Å². The van der Waals surface area contributed by atoms with Gasteiger partial charge in [-0.1, -0.05) is 60.7 Å². The zero-order valence-electron chi connectivity index (χ0n) is 16.0. The summed E-state index contributed by atoms with van der Waals surface area (Å²) in [6.07, 6.45) is 0. The quantitative estimate of drug-likeness (QED) is 0.589. The summed E-state index contributed by atoms with van der Waals surface area (Å²) in [5.41, 5.74) is 2.35. The monoisotopic (exact) mass is 391 g/mol. The highest BCUT2D eigenvalue weighted by atomic mass is 16.6. The fourth-order valence-corrected chi connectivity index (χ4v) is 2.71. The summed E-state index contributed by atoms with van der Waals surface area (Å²) < 4.78 is 15.8. The van der Waals surface area contributed by atoms with E-state index in [2.05, 4.69) is 5.32 Å². The van der Waals surface area contributed by atoms with Crippen molar-refractivity contribution in [3.05, 3.63) is 78.9 Å². The number of nitrogens with one attached hydrogen (secondary N) is 1. The van der Waals surface area contributed by atoms with Crippen molar-refractivity contribution in [3.63, 3.8) is 0 Å². The average Bonchev–Trinajstić information content (AvgIpc) is 2.77. The van der Waals surface area contributed by atoms with Crippen LogP contribution >= 0.6 is 0 Å². The molecule has 0 atom stereocenters. The standard InChI is InChI=1S/C23H21NO5/c1-27-21-14-8-6-12-19(21)24-22(25)15-29-23(26)16-28-20-13-7-5-11-18(20)17-9-3-2-4-10-17/h2-14H,15-16H2,1H3,(H,24,25). The number of esters is 1. The summed E-state index contributed by atoms with van der Waals surface area (Å²) in [6, 6.07) is 24.1. The Morgan fingerprint density at radius 2 is 1.45 bits per heavy atom. The molecule has 0 unspecified atom stereocenters. The highest BCUT2D eigenvalue weighted by Crippen LogP contribution is 2.29. The van der Waals surface area contributed by atoms with Crippen molar-refractivity contribution in [1.29, 1.82) is 0 Å². The van der Waals surface area contributed by atoms with Crippen LogP contribution in [0.2, 0.25) is 0 Å². The Hall–Kier alpha value is -3.80. The van der Waals surface area contributed by atoms with Crippen LogP contribution in [0.25, 0.3) is 11.1 Å². The van der Waals surface area contributed by atoms with Gasteiger partial charge in [0.2, 0.25) is 0 Å². The number of hydrogen-bond acceptors (Lipinski definition) is 5. The van der Waals surface area contributed by atoms with Gasteiger partial charge < -0.3 is 19.5 Å². The molecule has 0 saturated heterocycles. The van der Waals surface area contributed by atoms with Crippen LogP contribution in [0.1, 0.15) is 0 Å². The van der Waals surface area contributed by atoms with E-state index in [4.69, 9.17) is 14.2 Å². The second-order valence-corrected chi connectivity index (χ2v) is 6.06. The van der Waals surface area contributed by atoms with Gasteiger partial charge >= 0.3 is 5.97 Å². The molecule has 1 N–H and O–H groups in total. The molecule has 0 heterocycles. The normalized spacial score (nSPS) is 10.1. The fourth-order valence-electron chi connectivity index (χ4n) is 2.71. The third-order valence-electron chi connectivity index (χ3n) is 4.06. The first-order valence-electron chi connectivity index (χ1n) is 9.03. The number of methoxy groups -OCH3 is 1. The Morgan fingerprint density at radius 3 is 2.21 bits per heavy atom. The van der Waals surface area contributed by atoms with Gasteiger partial charge in [0.15, 0.2) is 13.2 Å². The lowest BCUT2D eigenvalue weighted by atomic mass is 10.1. The zero-order chi connectivity index (χ0) is 20.5. The molecule has 0 saturated carbocycles. The molecule has 0 aliphatic rings. The minimum Gasteiger partial charge on any atom is -0.495 e. The molecule has 0 radical (unpaired) electrons. The van der Waals surface area contributed by atoms with E-state index in [1.165, 1.54) is 7.11 Å². The van der Waals surface area contributed by atoms with Crippen LogP contribution in [0.3, 0.4) is 0 Å². The lowest BCUT2D eigenvalue weighted by molar-refractivity contribution is -0.149. The van der Waals surface area contributed by atoms with Gasteiger partial charge in [-0.3, -0.25) is 4.79 Å². The number of benzene rings is 3. The van der Waals surface area contributed by atoms with Crippen LogP contribution in [-0.2, 0) is 14.3 Å². The zero-order valence-corrected chi connectivity index (χ0v) is 16.0. The minimum absolute atomic E-state index is 0.300. The molecule has 148 valence electrons. The largest absolute Gasteiger partial charge is 0.495 e. The molecule has 6 heteroatoms. The Balaban J connectivity index is 1.51. The van der Waals surface area contributed by atoms with Crippen molar-refractivity contribution in [2.75, 3.05) is 25.6 Å². The van der Waals surface area contributed by atoms with Crippen LogP contribution in [0.15, 0.2) is 78.9 Å². The molecule has 0 aliphatic heterocycles. The minimum atomic E-state index is -0.636. The summed E-state index contributed by atoms with van der Waals surface area (Å²) in [5, 5.41) is 2.64. The maximum absolute atomic E-state index is 12.0. The van der Waals surface area contributed by atoms with Gasteiger partial charge in [0.25, 0.3) is 5.91 Å². The van der Waals surface area contributed by atoms with Gasteiger partial charge in [-0.05, 0) is 23.8 Å². The molecular weight excluding hydrogens is 370 g/mol. The van der Waals surface area contributed by atoms with Gasteiger partial charge in [-0.15, -0.1) is 0 Å². The third-order valence-corrected chi connectivity index (χ3v) is 4.06. The van der Waals surface area contributed by atoms with Crippen molar-refractivity contribution >= 4 is 17.6 Å². The summed E-state index contributed by atoms with van der Waals surface area (Å²) in [7, 11) is 1.51. The second-order valence-electron chi connectivity index (χ2n) is 6.06. The number of carbonyl (C=O) groups is 2. The SMILES string of the molecule is COc1ccccc1NC(=O)COC(=O)COc1ccccc1-c1ccccc1. The van der Waals surface area contributed by atoms with Crippen molar-refractivity contribution in [1.82, 2.24) is 0 Å². The number of amides is 1. The average molecular weight is 391 g/mol. The molecule has 3 aromatic carbocycles. The molecule has 3 aromatic rings. The van der Waals surface area contributed by atoms with Crippen LogP contribution < -0.4 is 14.8 Å². The summed E-state index contributed by atoms with van der Waals surface area (Å²) >= 11 is 0. The Morgan fingerprint density at radius 1 is 0.793 bits per heavy atom. The van der Waals surface area contributed by atoms with Gasteiger partial charge in [-0.25, -0.2) is 4.79 Å². The predicted octanol–water partition coefficient (Wildman–Crippen LogP) is 3.92. The molecule has 0 bridgehead atoms. The lowest BCUT2D eigenvalue weighted by Crippen LogP contribution is -2.23. The smallest absolute Gasteiger partial charge is 0.344 e. The lowest BCUT2D eigenvalue weighted by Gasteiger charge is -2.12. The molecule has 0 aliphatic carbocycles. The van der Waals surface area contributed by atoms with Crippen molar-refractivity contribution in [3.8, 4) is 22.6 Å². The Bertz CT molecular complexity index is 972. The van der Waals surface area contributed by atoms with Crippen molar-refractivity contribution in [2.45, 2.75) is 0 Å². The predicted molar refractivity (Wildman–Crippen MR) is 110 cm³/mol. The third kappa shape index (κ3) is 5.59. The summed E-state index contributed by atoms with van der Waals surface area (Å²) in [4.78, 5) is 24.0.